The first-order valence-corrected chi connectivity index (χ1v) is 9.42. The molecular formula is C19H14Cl2N2O3S. The summed E-state index contributed by atoms with van der Waals surface area (Å²) in [4.78, 5) is 24.4. The molecule has 0 spiro atoms. The van der Waals surface area contributed by atoms with E-state index in [1.165, 1.54) is 6.07 Å². The van der Waals surface area contributed by atoms with Gasteiger partial charge in [-0.15, -0.1) is 11.3 Å². The lowest BCUT2D eigenvalue weighted by atomic mass is 10.1. The molecule has 0 aliphatic heterocycles. The molecule has 2 amide bonds. The largest absolute Gasteiger partial charge is 0.478 e. The first-order valence-electron chi connectivity index (χ1n) is 7.85. The fourth-order valence-corrected chi connectivity index (χ4v) is 3.70. The lowest BCUT2D eigenvalue weighted by Crippen LogP contribution is -2.28. The maximum Gasteiger partial charge on any atom is 0.338 e. The summed E-state index contributed by atoms with van der Waals surface area (Å²) in [6, 6.07) is 15.5. The van der Waals surface area contributed by atoms with Crippen LogP contribution < -0.4 is 10.6 Å². The standard InChI is InChI=1S/C19H14Cl2N2O3S/c20-14-7-6-12(8-15(14)21)16-9-13(18(24)25)17(27-16)23-19(26)22-10-11-4-2-1-3-5-11/h1-9H,10H2,(H,24,25)(H2,22,23,26). The van der Waals surface area contributed by atoms with Gasteiger partial charge in [-0.25, -0.2) is 9.59 Å². The van der Waals surface area contributed by atoms with Crippen molar-refractivity contribution in [3.63, 3.8) is 0 Å². The Kier molecular flexibility index (Phi) is 6.01. The molecule has 5 nitrogen and oxygen atoms in total. The highest BCUT2D eigenvalue weighted by Gasteiger charge is 2.18. The van der Waals surface area contributed by atoms with Crippen molar-refractivity contribution in [1.29, 1.82) is 0 Å². The number of hydrogen-bond acceptors (Lipinski definition) is 3. The number of nitrogens with one attached hydrogen (secondary N) is 2. The quantitative estimate of drug-likeness (QED) is 0.492. The summed E-state index contributed by atoms with van der Waals surface area (Å²) in [5.41, 5.74) is 1.67. The molecular weight excluding hydrogens is 407 g/mol. The third-order valence-corrected chi connectivity index (χ3v) is 5.53. The van der Waals surface area contributed by atoms with E-state index >= 15 is 0 Å². The van der Waals surface area contributed by atoms with Gasteiger partial charge in [0.05, 0.1) is 15.6 Å². The van der Waals surface area contributed by atoms with Crippen LogP contribution in [-0.4, -0.2) is 17.1 Å². The Labute approximate surface area is 169 Å². The molecule has 27 heavy (non-hydrogen) atoms. The predicted molar refractivity (Wildman–Crippen MR) is 109 cm³/mol. The number of anilines is 1. The molecule has 3 aromatic rings. The van der Waals surface area contributed by atoms with Crippen molar-refractivity contribution in [2.24, 2.45) is 0 Å². The van der Waals surface area contributed by atoms with Crippen molar-refractivity contribution in [1.82, 2.24) is 5.32 Å². The highest BCUT2D eigenvalue weighted by molar-refractivity contribution is 7.20. The zero-order chi connectivity index (χ0) is 19.4. The average Bonchev–Trinajstić information content (AvgIpc) is 3.07. The van der Waals surface area contributed by atoms with E-state index in [1.807, 2.05) is 30.3 Å². The van der Waals surface area contributed by atoms with Crippen molar-refractivity contribution in [3.05, 3.63) is 75.8 Å². The van der Waals surface area contributed by atoms with E-state index < -0.39 is 12.0 Å². The zero-order valence-electron chi connectivity index (χ0n) is 13.8. The minimum atomic E-state index is -1.13. The molecule has 0 radical (unpaired) electrons. The van der Waals surface area contributed by atoms with Crippen LogP contribution in [-0.2, 0) is 6.54 Å². The summed E-state index contributed by atoms with van der Waals surface area (Å²) in [6.45, 7) is 0.333. The van der Waals surface area contributed by atoms with E-state index in [2.05, 4.69) is 10.6 Å². The fourth-order valence-electron chi connectivity index (χ4n) is 2.36. The SMILES string of the molecule is O=C(NCc1ccccc1)Nc1sc(-c2ccc(Cl)c(Cl)c2)cc1C(=O)O. The second-order valence-corrected chi connectivity index (χ2v) is 7.45. The number of halogens is 2. The molecule has 0 atom stereocenters. The Morgan fingerprint density at radius 3 is 2.41 bits per heavy atom. The van der Waals surface area contributed by atoms with Gasteiger partial charge in [0.1, 0.15) is 5.00 Å². The van der Waals surface area contributed by atoms with E-state index in [4.69, 9.17) is 23.2 Å². The van der Waals surface area contributed by atoms with Crippen LogP contribution in [0.4, 0.5) is 9.80 Å². The van der Waals surface area contributed by atoms with Gasteiger partial charge in [0.25, 0.3) is 0 Å². The average molecular weight is 421 g/mol. The Balaban J connectivity index is 1.78. The molecule has 0 aliphatic rings. The topological polar surface area (TPSA) is 78.4 Å². The minimum Gasteiger partial charge on any atom is -0.478 e. The number of thiophene rings is 1. The number of carboxylic acids is 1. The van der Waals surface area contributed by atoms with E-state index in [1.54, 1.807) is 18.2 Å². The summed E-state index contributed by atoms with van der Waals surface area (Å²) in [5, 5.41) is 15.8. The van der Waals surface area contributed by atoms with Gasteiger partial charge in [-0.2, -0.15) is 0 Å². The van der Waals surface area contributed by atoms with Crippen molar-refractivity contribution in [2.75, 3.05) is 5.32 Å². The van der Waals surface area contributed by atoms with Crippen molar-refractivity contribution in [2.45, 2.75) is 6.54 Å². The summed E-state index contributed by atoms with van der Waals surface area (Å²) in [7, 11) is 0. The fraction of sp³-hybridized carbons (Fsp3) is 0.0526. The van der Waals surface area contributed by atoms with Crippen molar-refractivity contribution >= 4 is 51.5 Å². The maximum atomic E-state index is 12.2. The van der Waals surface area contributed by atoms with Crippen LogP contribution in [0.2, 0.25) is 10.0 Å². The number of carbonyl (C=O) groups is 2. The summed E-state index contributed by atoms with van der Waals surface area (Å²) < 4.78 is 0. The second kappa shape index (κ2) is 8.43. The van der Waals surface area contributed by atoms with E-state index in [0.717, 1.165) is 22.5 Å². The Morgan fingerprint density at radius 2 is 1.74 bits per heavy atom. The summed E-state index contributed by atoms with van der Waals surface area (Å²) >= 11 is 13.1. The second-order valence-electron chi connectivity index (χ2n) is 5.58. The van der Waals surface area contributed by atoms with Crippen LogP contribution in [0.1, 0.15) is 15.9 Å². The molecule has 0 fully saturated rings. The molecule has 1 aromatic heterocycles. The number of carboxylic acid groups (broad SMARTS) is 1. The van der Waals surface area contributed by atoms with Crippen LogP contribution >= 0.6 is 34.5 Å². The van der Waals surface area contributed by atoms with E-state index in [-0.39, 0.29) is 10.6 Å². The molecule has 8 heteroatoms. The van der Waals surface area contributed by atoms with Crippen molar-refractivity contribution in [3.8, 4) is 10.4 Å². The molecule has 3 N–H and O–H groups in total. The van der Waals surface area contributed by atoms with Gasteiger partial charge >= 0.3 is 12.0 Å². The monoisotopic (exact) mass is 420 g/mol. The molecule has 2 aromatic carbocycles. The van der Waals surface area contributed by atoms with Gasteiger partial charge in [-0.1, -0.05) is 59.6 Å². The minimum absolute atomic E-state index is 0.0101. The van der Waals surface area contributed by atoms with Gasteiger partial charge < -0.3 is 10.4 Å². The molecule has 0 unspecified atom stereocenters. The molecule has 0 aliphatic carbocycles. The number of rotatable bonds is 5. The van der Waals surface area contributed by atoms with E-state index in [0.29, 0.717) is 21.5 Å². The van der Waals surface area contributed by atoms with Crippen LogP contribution in [0.3, 0.4) is 0 Å². The number of urea groups is 1. The molecule has 0 bridgehead atoms. The summed E-state index contributed by atoms with van der Waals surface area (Å²) in [6.07, 6.45) is 0. The molecule has 0 saturated carbocycles. The highest BCUT2D eigenvalue weighted by Crippen LogP contribution is 2.37. The summed E-state index contributed by atoms with van der Waals surface area (Å²) in [5.74, 6) is -1.13. The maximum absolute atomic E-state index is 12.2. The Bertz CT molecular complexity index is 990. The predicted octanol–water partition coefficient (Wildman–Crippen LogP) is 5.74. The molecule has 3 rings (SSSR count). The van der Waals surface area contributed by atoms with Gasteiger partial charge in [0.15, 0.2) is 0 Å². The third kappa shape index (κ3) is 4.80. The number of amides is 2. The lowest BCUT2D eigenvalue weighted by molar-refractivity contribution is 0.0698. The first kappa shape index (κ1) is 19.2. The third-order valence-electron chi connectivity index (χ3n) is 3.69. The number of aromatic carboxylic acids is 1. The van der Waals surface area contributed by atoms with Gasteiger partial charge in [0, 0.05) is 11.4 Å². The Hall–Kier alpha value is -2.54. The molecule has 0 saturated heterocycles. The van der Waals surface area contributed by atoms with Crippen LogP contribution in [0, 0.1) is 0 Å². The zero-order valence-corrected chi connectivity index (χ0v) is 16.2. The highest BCUT2D eigenvalue weighted by atomic mass is 35.5. The van der Waals surface area contributed by atoms with Crippen molar-refractivity contribution < 1.29 is 14.7 Å². The Morgan fingerprint density at radius 1 is 1.00 bits per heavy atom. The number of benzene rings is 2. The van der Waals surface area contributed by atoms with Gasteiger partial charge in [0.2, 0.25) is 0 Å². The lowest BCUT2D eigenvalue weighted by Gasteiger charge is -2.07. The smallest absolute Gasteiger partial charge is 0.338 e. The number of hydrogen-bond donors (Lipinski definition) is 3. The van der Waals surface area contributed by atoms with Crippen LogP contribution in [0.15, 0.2) is 54.6 Å². The number of carbonyl (C=O) groups excluding carboxylic acids is 1. The van der Waals surface area contributed by atoms with Crippen LogP contribution in [0.5, 0.6) is 0 Å². The van der Waals surface area contributed by atoms with Gasteiger partial charge in [-0.05, 0) is 29.3 Å². The van der Waals surface area contributed by atoms with Crippen LogP contribution in [0.25, 0.3) is 10.4 Å². The molecule has 1 heterocycles. The van der Waals surface area contributed by atoms with Gasteiger partial charge in [-0.3, -0.25) is 5.32 Å². The first-order chi connectivity index (χ1) is 12.9. The van der Waals surface area contributed by atoms with E-state index in [9.17, 15) is 14.7 Å². The normalized spacial score (nSPS) is 10.4. The molecule has 138 valence electrons.